The number of rotatable bonds is 2. The smallest absolute Gasteiger partial charge is 0.357 e. The number of hydrogen-bond acceptors (Lipinski definition) is 1. The van der Waals surface area contributed by atoms with Crippen LogP contribution in [0.5, 0.6) is 0 Å². The van der Waals surface area contributed by atoms with E-state index in [0.717, 1.165) is 0 Å². The fourth-order valence-electron chi connectivity index (χ4n) is 1.14. The van der Waals surface area contributed by atoms with Gasteiger partial charge in [-0.3, -0.25) is 0 Å². The Morgan fingerprint density at radius 3 is 1.67 bits per heavy atom. The minimum absolute atomic E-state index is 0.0181. The van der Waals surface area contributed by atoms with Gasteiger partial charge in [-0.15, -0.1) is 11.6 Å². The van der Waals surface area contributed by atoms with Crippen LogP contribution >= 0.6 is 11.6 Å². The summed E-state index contributed by atoms with van der Waals surface area (Å²) >= 11 is 5.41. The van der Waals surface area contributed by atoms with Crippen molar-refractivity contribution in [3.63, 3.8) is 0 Å². The first-order valence-electron chi connectivity index (χ1n) is 4.03. The average Bonchev–Trinajstić information content (AvgIpc) is 1.90. The second-order valence-corrected chi connectivity index (χ2v) is 3.91. The zero-order valence-corrected chi connectivity index (χ0v) is 7.96. The zero-order chi connectivity index (χ0) is 11.9. The van der Waals surface area contributed by atoms with Crippen molar-refractivity contribution >= 4 is 11.6 Å². The monoisotopic (exact) mass is 256 g/mol. The maximum Gasteiger partial charge on any atom is 0.423 e. The lowest BCUT2D eigenvalue weighted by Gasteiger charge is -2.35. The Hall–Kier alpha value is -0.170. The number of halogens is 7. The molecule has 0 saturated heterocycles. The van der Waals surface area contributed by atoms with E-state index in [9.17, 15) is 26.3 Å². The summed E-state index contributed by atoms with van der Waals surface area (Å²) in [6.45, 7) is 0. The van der Waals surface area contributed by atoms with Crippen LogP contribution in [-0.4, -0.2) is 29.9 Å². The van der Waals surface area contributed by atoms with Gasteiger partial charge in [0.1, 0.15) is 0 Å². The van der Waals surface area contributed by atoms with Gasteiger partial charge in [0.05, 0.1) is 6.10 Å². The Balaban J connectivity index is 2.59. The van der Waals surface area contributed by atoms with Crippen LogP contribution in [0.2, 0.25) is 0 Å². The van der Waals surface area contributed by atoms with Crippen molar-refractivity contribution in [1.82, 2.24) is 0 Å². The van der Waals surface area contributed by atoms with E-state index in [4.69, 9.17) is 11.6 Å². The summed E-state index contributed by atoms with van der Waals surface area (Å²) in [4.78, 5) is 0. The van der Waals surface area contributed by atoms with Gasteiger partial charge in [0.15, 0.2) is 0 Å². The molecule has 1 aliphatic carbocycles. The molecule has 0 radical (unpaired) electrons. The molecule has 0 aliphatic heterocycles. The predicted octanol–water partition coefficient (Wildman–Crippen LogP) is 3.27. The highest BCUT2D eigenvalue weighted by molar-refractivity contribution is 6.21. The van der Waals surface area contributed by atoms with Gasteiger partial charge >= 0.3 is 12.4 Å². The van der Waals surface area contributed by atoms with E-state index in [0.29, 0.717) is 0 Å². The molecule has 1 nitrogen and oxygen atoms in total. The molecule has 0 N–H and O–H groups in total. The van der Waals surface area contributed by atoms with E-state index in [1.807, 2.05) is 0 Å². The molecular formula is C7H7ClF6O. The van der Waals surface area contributed by atoms with E-state index in [2.05, 4.69) is 4.74 Å². The summed E-state index contributed by atoms with van der Waals surface area (Å²) in [7, 11) is 0. The van der Waals surface area contributed by atoms with Crippen LogP contribution in [0, 0.1) is 0 Å². The highest BCUT2D eigenvalue weighted by atomic mass is 35.5. The number of hydrogen-bond donors (Lipinski definition) is 0. The SMILES string of the molecule is FC(F)(F)C(OC1CC(Cl)C1)C(F)(F)F. The molecule has 0 aromatic heterocycles. The zero-order valence-electron chi connectivity index (χ0n) is 7.20. The van der Waals surface area contributed by atoms with E-state index in [1.54, 1.807) is 0 Å². The number of alkyl halides is 7. The molecule has 0 heterocycles. The Labute approximate surface area is 86.3 Å². The van der Waals surface area contributed by atoms with Gasteiger partial charge in [0.2, 0.25) is 6.10 Å². The fourth-order valence-corrected chi connectivity index (χ4v) is 1.54. The van der Waals surface area contributed by atoms with Crippen molar-refractivity contribution < 1.29 is 31.1 Å². The van der Waals surface area contributed by atoms with Crippen molar-refractivity contribution in [2.24, 2.45) is 0 Å². The molecule has 0 atom stereocenters. The topological polar surface area (TPSA) is 9.23 Å². The molecule has 0 spiro atoms. The lowest BCUT2D eigenvalue weighted by Crippen LogP contribution is -2.49. The highest BCUT2D eigenvalue weighted by Crippen LogP contribution is 2.39. The lowest BCUT2D eigenvalue weighted by atomic mass is 9.95. The Morgan fingerprint density at radius 1 is 1.00 bits per heavy atom. The van der Waals surface area contributed by atoms with Crippen LogP contribution in [0.4, 0.5) is 26.3 Å². The van der Waals surface area contributed by atoms with Gasteiger partial charge in [0, 0.05) is 5.38 Å². The average molecular weight is 257 g/mol. The van der Waals surface area contributed by atoms with Gasteiger partial charge in [-0.1, -0.05) is 0 Å². The first-order valence-corrected chi connectivity index (χ1v) is 4.47. The summed E-state index contributed by atoms with van der Waals surface area (Å²) in [5.41, 5.74) is 0. The van der Waals surface area contributed by atoms with Crippen LogP contribution in [0.15, 0.2) is 0 Å². The van der Waals surface area contributed by atoms with Gasteiger partial charge in [0.25, 0.3) is 0 Å². The Kier molecular flexibility index (Phi) is 3.45. The molecule has 0 amide bonds. The van der Waals surface area contributed by atoms with Crippen LogP contribution in [0.25, 0.3) is 0 Å². The van der Waals surface area contributed by atoms with E-state index in [-0.39, 0.29) is 12.8 Å². The van der Waals surface area contributed by atoms with Gasteiger partial charge in [-0.05, 0) is 12.8 Å². The molecular weight excluding hydrogens is 250 g/mol. The van der Waals surface area contributed by atoms with Crippen LogP contribution < -0.4 is 0 Å². The Bertz CT molecular complexity index is 205. The summed E-state index contributed by atoms with van der Waals surface area (Å²) in [5, 5.41) is -0.392. The quantitative estimate of drug-likeness (QED) is 0.544. The summed E-state index contributed by atoms with van der Waals surface area (Å²) in [5.74, 6) is 0. The predicted molar refractivity (Wildman–Crippen MR) is 39.6 cm³/mol. The third-order valence-electron chi connectivity index (χ3n) is 1.96. The van der Waals surface area contributed by atoms with Crippen molar-refractivity contribution in [3.8, 4) is 0 Å². The minimum atomic E-state index is -5.43. The van der Waals surface area contributed by atoms with Crippen molar-refractivity contribution in [3.05, 3.63) is 0 Å². The van der Waals surface area contributed by atoms with Crippen molar-refractivity contribution in [1.29, 1.82) is 0 Å². The summed E-state index contributed by atoms with van der Waals surface area (Å²) in [6, 6.07) is 0. The van der Waals surface area contributed by atoms with Gasteiger partial charge in [-0.25, -0.2) is 0 Å². The summed E-state index contributed by atoms with van der Waals surface area (Å²) in [6.07, 6.45) is -15.6. The highest BCUT2D eigenvalue weighted by Gasteiger charge is 2.59. The van der Waals surface area contributed by atoms with Gasteiger partial charge in [-0.2, -0.15) is 26.3 Å². The largest absolute Gasteiger partial charge is 0.423 e. The first kappa shape index (κ1) is 12.9. The second kappa shape index (κ2) is 4.01. The molecule has 1 aliphatic rings. The van der Waals surface area contributed by atoms with Crippen LogP contribution in [0.3, 0.4) is 0 Å². The van der Waals surface area contributed by atoms with Crippen LogP contribution in [0.1, 0.15) is 12.8 Å². The van der Waals surface area contributed by atoms with E-state index >= 15 is 0 Å². The molecule has 1 rings (SSSR count). The van der Waals surface area contributed by atoms with E-state index in [1.165, 1.54) is 0 Å². The van der Waals surface area contributed by atoms with Crippen LogP contribution in [-0.2, 0) is 4.74 Å². The van der Waals surface area contributed by atoms with Gasteiger partial charge < -0.3 is 4.74 Å². The molecule has 0 unspecified atom stereocenters. The number of ether oxygens (including phenoxy) is 1. The van der Waals surface area contributed by atoms with Crippen molar-refractivity contribution in [2.75, 3.05) is 0 Å². The molecule has 15 heavy (non-hydrogen) atoms. The third kappa shape index (κ3) is 3.41. The molecule has 8 heteroatoms. The van der Waals surface area contributed by atoms with E-state index < -0.39 is 29.9 Å². The summed E-state index contributed by atoms with van der Waals surface area (Å²) < 4.78 is 75.7. The fraction of sp³-hybridized carbons (Fsp3) is 1.00. The van der Waals surface area contributed by atoms with Crippen molar-refractivity contribution in [2.45, 2.75) is 42.8 Å². The second-order valence-electron chi connectivity index (χ2n) is 3.29. The molecule has 1 fully saturated rings. The first-order chi connectivity index (χ1) is 6.60. The molecule has 1 saturated carbocycles. The standard InChI is InChI=1S/C7H7ClF6O/c8-3-1-4(2-3)15-5(6(9,10)11)7(12,13)14/h3-5H,1-2H2. The minimum Gasteiger partial charge on any atom is -0.357 e. The molecule has 90 valence electrons. The normalized spacial score (nSPS) is 28.0. The Morgan fingerprint density at radius 2 is 1.40 bits per heavy atom. The molecule has 0 aromatic carbocycles. The maximum absolute atomic E-state index is 12.0. The molecule has 0 aromatic rings. The maximum atomic E-state index is 12.0. The third-order valence-corrected chi connectivity index (χ3v) is 2.32. The lowest BCUT2D eigenvalue weighted by molar-refractivity contribution is -0.335. The molecule has 0 bridgehead atoms.